The molecule has 0 spiro atoms. The summed E-state index contributed by atoms with van der Waals surface area (Å²) in [6.45, 7) is 4.60. The Hall–Kier alpha value is -1.60. The Bertz CT molecular complexity index is 587. The van der Waals surface area contributed by atoms with Gasteiger partial charge in [0.25, 0.3) is 0 Å². The van der Waals surface area contributed by atoms with Crippen molar-refractivity contribution in [3.05, 3.63) is 71.3 Å². The first-order valence-electron chi connectivity index (χ1n) is 10.5. The highest BCUT2D eigenvalue weighted by Crippen LogP contribution is 2.26. The van der Waals surface area contributed by atoms with Crippen LogP contribution in [0.4, 0.5) is 0 Å². The molecular weight excluding hydrogens is 316 g/mol. The quantitative estimate of drug-likeness (QED) is 0.394. The normalized spacial score (nSPS) is 13.5. The summed E-state index contributed by atoms with van der Waals surface area (Å²) in [5, 5.41) is 10.5. The van der Waals surface area contributed by atoms with Crippen LogP contribution in [0.1, 0.15) is 100 Å². The topological polar surface area (TPSA) is 20.2 Å². The minimum Gasteiger partial charge on any atom is -0.384 e. The zero-order valence-electron chi connectivity index (χ0n) is 16.7. The zero-order valence-corrected chi connectivity index (χ0v) is 16.7. The van der Waals surface area contributed by atoms with Crippen molar-refractivity contribution >= 4 is 0 Å². The van der Waals surface area contributed by atoms with Gasteiger partial charge in [-0.3, -0.25) is 0 Å². The molecule has 0 amide bonds. The molecule has 0 saturated carbocycles. The highest BCUT2D eigenvalue weighted by atomic mass is 16.3. The number of aliphatic hydroxyl groups excluding tert-OH is 1. The van der Waals surface area contributed by atoms with E-state index < -0.39 is 6.10 Å². The van der Waals surface area contributed by atoms with E-state index in [1.54, 1.807) is 0 Å². The maximum absolute atomic E-state index is 10.5. The fraction of sp³-hybridized carbons (Fsp3) is 0.520. The fourth-order valence-electron chi connectivity index (χ4n) is 3.59. The molecule has 142 valence electrons. The maximum atomic E-state index is 10.5. The van der Waals surface area contributed by atoms with Gasteiger partial charge in [0.2, 0.25) is 0 Å². The molecule has 0 heterocycles. The minimum absolute atomic E-state index is 0.534. The third-order valence-corrected chi connectivity index (χ3v) is 5.43. The van der Waals surface area contributed by atoms with Crippen LogP contribution in [0, 0.1) is 0 Å². The average molecular weight is 353 g/mol. The van der Waals surface area contributed by atoms with E-state index in [0.29, 0.717) is 5.92 Å². The van der Waals surface area contributed by atoms with Gasteiger partial charge in [-0.25, -0.2) is 0 Å². The first-order valence-corrected chi connectivity index (χ1v) is 10.5. The first kappa shape index (κ1) is 20.7. The van der Waals surface area contributed by atoms with Crippen molar-refractivity contribution in [3.8, 4) is 0 Å². The Morgan fingerprint density at radius 3 is 1.77 bits per heavy atom. The van der Waals surface area contributed by atoms with Gasteiger partial charge in [0.05, 0.1) is 0 Å². The molecule has 26 heavy (non-hydrogen) atoms. The molecule has 2 atom stereocenters. The third kappa shape index (κ3) is 6.96. The van der Waals surface area contributed by atoms with Crippen LogP contribution in [0.25, 0.3) is 0 Å². The Labute approximate surface area is 160 Å². The van der Waals surface area contributed by atoms with Gasteiger partial charge in [0.15, 0.2) is 0 Å². The van der Waals surface area contributed by atoms with E-state index in [-0.39, 0.29) is 0 Å². The molecular formula is C25H36O. The molecule has 0 aromatic heterocycles. The van der Waals surface area contributed by atoms with Crippen LogP contribution in [-0.4, -0.2) is 5.11 Å². The smallest absolute Gasteiger partial charge is 0.104 e. The number of rotatable bonds is 12. The van der Waals surface area contributed by atoms with Crippen LogP contribution in [-0.2, 0) is 0 Å². The van der Waals surface area contributed by atoms with E-state index in [9.17, 15) is 5.11 Å². The maximum Gasteiger partial charge on any atom is 0.104 e. The van der Waals surface area contributed by atoms with Crippen molar-refractivity contribution in [2.24, 2.45) is 0 Å². The predicted molar refractivity (Wildman–Crippen MR) is 113 cm³/mol. The van der Waals surface area contributed by atoms with Crippen molar-refractivity contribution in [1.82, 2.24) is 0 Å². The molecule has 0 bridgehead atoms. The lowest BCUT2D eigenvalue weighted by Crippen LogP contribution is -2.00. The second-order valence-corrected chi connectivity index (χ2v) is 7.64. The van der Waals surface area contributed by atoms with Crippen LogP contribution in [0.3, 0.4) is 0 Å². The molecule has 1 heteroatoms. The van der Waals surface area contributed by atoms with Gasteiger partial charge in [-0.2, -0.15) is 0 Å². The number of hydrogen-bond acceptors (Lipinski definition) is 1. The SMILES string of the molecule is CCCCCCCCCCC(C)c1ccc(C(O)c2ccccc2)cc1. The summed E-state index contributed by atoms with van der Waals surface area (Å²) in [7, 11) is 0. The Balaban J connectivity index is 1.72. The van der Waals surface area contributed by atoms with Crippen molar-refractivity contribution in [2.75, 3.05) is 0 Å². The molecule has 2 rings (SSSR count). The van der Waals surface area contributed by atoms with Gasteiger partial charge in [-0.05, 0) is 29.0 Å². The van der Waals surface area contributed by atoms with Crippen molar-refractivity contribution in [3.63, 3.8) is 0 Å². The van der Waals surface area contributed by atoms with Crippen LogP contribution in [0.15, 0.2) is 54.6 Å². The fourth-order valence-corrected chi connectivity index (χ4v) is 3.59. The second kappa shape index (κ2) is 11.9. The molecule has 2 aromatic carbocycles. The average Bonchev–Trinajstić information content (AvgIpc) is 2.70. The lowest BCUT2D eigenvalue weighted by molar-refractivity contribution is 0.220. The molecule has 0 aliphatic rings. The monoisotopic (exact) mass is 352 g/mol. The highest BCUT2D eigenvalue weighted by Gasteiger charge is 2.11. The minimum atomic E-state index is -0.534. The van der Waals surface area contributed by atoms with Crippen molar-refractivity contribution < 1.29 is 5.11 Å². The summed E-state index contributed by atoms with van der Waals surface area (Å²) in [5.74, 6) is 0.595. The molecule has 0 aliphatic heterocycles. The van der Waals surface area contributed by atoms with E-state index in [1.165, 1.54) is 63.4 Å². The molecule has 2 unspecified atom stereocenters. The van der Waals surface area contributed by atoms with Crippen LogP contribution in [0.2, 0.25) is 0 Å². The number of aliphatic hydroxyl groups is 1. The van der Waals surface area contributed by atoms with Gasteiger partial charge in [0.1, 0.15) is 6.10 Å². The lowest BCUT2D eigenvalue weighted by atomic mass is 9.92. The van der Waals surface area contributed by atoms with E-state index in [2.05, 4.69) is 38.1 Å². The Kier molecular flexibility index (Phi) is 9.48. The van der Waals surface area contributed by atoms with E-state index in [0.717, 1.165) is 11.1 Å². The van der Waals surface area contributed by atoms with E-state index in [1.807, 2.05) is 30.3 Å². The van der Waals surface area contributed by atoms with Crippen LogP contribution < -0.4 is 0 Å². The Morgan fingerprint density at radius 2 is 1.15 bits per heavy atom. The summed E-state index contributed by atoms with van der Waals surface area (Å²) >= 11 is 0. The number of benzene rings is 2. The van der Waals surface area contributed by atoms with Crippen LogP contribution >= 0.6 is 0 Å². The standard InChI is InChI=1S/C25H36O/c1-3-4-5-6-7-8-9-11-14-21(2)22-17-19-24(20-18-22)25(26)23-15-12-10-13-16-23/h10,12-13,15-21,25-26H,3-9,11,14H2,1-2H3. The zero-order chi connectivity index (χ0) is 18.6. The predicted octanol–water partition coefficient (Wildman–Crippen LogP) is 7.40. The van der Waals surface area contributed by atoms with Gasteiger partial charge < -0.3 is 5.11 Å². The summed E-state index contributed by atoms with van der Waals surface area (Å²) in [6.07, 6.45) is 11.8. The van der Waals surface area contributed by atoms with Crippen molar-refractivity contribution in [2.45, 2.75) is 83.7 Å². The second-order valence-electron chi connectivity index (χ2n) is 7.64. The van der Waals surface area contributed by atoms with Gasteiger partial charge in [0, 0.05) is 0 Å². The van der Waals surface area contributed by atoms with E-state index in [4.69, 9.17) is 0 Å². The van der Waals surface area contributed by atoms with Gasteiger partial charge >= 0.3 is 0 Å². The van der Waals surface area contributed by atoms with Gasteiger partial charge in [-0.15, -0.1) is 0 Å². The Morgan fingerprint density at radius 1 is 0.654 bits per heavy atom. The largest absolute Gasteiger partial charge is 0.384 e. The lowest BCUT2D eigenvalue weighted by Gasteiger charge is -2.15. The molecule has 0 radical (unpaired) electrons. The molecule has 2 aromatic rings. The molecule has 0 fully saturated rings. The summed E-state index contributed by atoms with van der Waals surface area (Å²) in [5.41, 5.74) is 3.31. The van der Waals surface area contributed by atoms with Gasteiger partial charge in [-0.1, -0.05) is 120 Å². The first-order chi connectivity index (χ1) is 12.7. The highest BCUT2D eigenvalue weighted by molar-refractivity contribution is 5.32. The molecule has 0 aliphatic carbocycles. The summed E-state index contributed by atoms with van der Waals surface area (Å²) < 4.78 is 0. The molecule has 0 saturated heterocycles. The van der Waals surface area contributed by atoms with Crippen LogP contribution in [0.5, 0.6) is 0 Å². The summed E-state index contributed by atoms with van der Waals surface area (Å²) in [6, 6.07) is 18.4. The third-order valence-electron chi connectivity index (χ3n) is 5.43. The number of hydrogen-bond donors (Lipinski definition) is 1. The van der Waals surface area contributed by atoms with E-state index >= 15 is 0 Å². The molecule has 1 nitrogen and oxygen atoms in total. The summed E-state index contributed by atoms with van der Waals surface area (Å²) in [4.78, 5) is 0. The van der Waals surface area contributed by atoms with Crippen molar-refractivity contribution in [1.29, 1.82) is 0 Å². The number of unbranched alkanes of at least 4 members (excludes halogenated alkanes) is 7. The molecule has 1 N–H and O–H groups in total.